The Balaban J connectivity index is 1.18. The summed E-state index contributed by atoms with van der Waals surface area (Å²) >= 11 is 0. The highest BCUT2D eigenvalue weighted by molar-refractivity contribution is 5.65. The predicted octanol–water partition coefficient (Wildman–Crippen LogP) is 3.88. The number of allylic oxidation sites excluding steroid dienone is 1. The van der Waals surface area contributed by atoms with Crippen LogP contribution < -0.4 is 21.1 Å². The monoisotopic (exact) mass is 498 g/mol. The standard InChI is InChI=1S/C28H30N6O3/c1-18(2)37-22-9-7-21(8-10-22)34-27(29)32-28(33-34)31-25-12-11-23(15-20(25)17-35)36-14-13-26-24-6-4-3-5-19(24)16-30-26/h3-12,15,18,25-26,30H,13-14,16H2,1-2H3,(H3,29,31,32,33). The van der Waals surface area contributed by atoms with E-state index < -0.39 is 6.04 Å². The molecule has 0 amide bonds. The van der Waals surface area contributed by atoms with Gasteiger partial charge in [0.05, 0.1) is 30.0 Å². The molecule has 9 heteroatoms. The number of benzene rings is 2. The van der Waals surface area contributed by atoms with Crippen LogP contribution in [0.3, 0.4) is 0 Å². The maximum atomic E-state index is 11.7. The third kappa shape index (κ3) is 5.58. The van der Waals surface area contributed by atoms with Gasteiger partial charge in [-0.15, -0.1) is 5.10 Å². The van der Waals surface area contributed by atoms with Crippen LogP contribution in [0.25, 0.3) is 5.69 Å². The quantitative estimate of drug-likeness (QED) is 0.381. The van der Waals surface area contributed by atoms with E-state index in [1.807, 2.05) is 56.2 Å². The number of nitrogens with zero attached hydrogens (tertiary/aromatic N) is 3. The molecule has 37 heavy (non-hydrogen) atoms. The number of nitrogen functional groups attached to an aromatic ring is 1. The lowest BCUT2D eigenvalue weighted by molar-refractivity contribution is 0.207. The average molecular weight is 499 g/mol. The predicted molar refractivity (Wildman–Crippen MR) is 142 cm³/mol. The lowest BCUT2D eigenvalue weighted by Gasteiger charge is -2.19. The second-order valence-electron chi connectivity index (χ2n) is 9.22. The largest absolute Gasteiger partial charge is 0.493 e. The highest BCUT2D eigenvalue weighted by Gasteiger charge is 2.22. The Morgan fingerprint density at radius 3 is 2.81 bits per heavy atom. The Kier molecular flexibility index (Phi) is 7.07. The second kappa shape index (κ2) is 10.7. The van der Waals surface area contributed by atoms with Gasteiger partial charge in [-0.3, -0.25) is 0 Å². The van der Waals surface area contributed by atoms with Crippen molar-refractivity contribution in [2.24, 2.45) is 0 Å². The third-order valence-corrected chi connectivity index (χ3v) is 6.22. The molecular formula is C28H30N6O3. The van der Waals surface area contributed by atoms with Gasteiger partial charge in [-0.25, -0.2) is 4.79 Å². The van der Waals surface area contributed by atoms with E-state index in [1.54, 1.807) is 6.08 Å². The Hall–Kier alpha value is -4.33. The number of fused-ring (bicyclic) bond motifs is 1. The minimum Gasteiger partial charge on any atom is -0.493 e. The fourth-order valence-electron chi connectivity index (χ4n) is 4.48. The molecule has 0 spiro atoms. The van der Waals surface area contributed by atoms with Crippen LogP contribution in [0, 0.1) is 0 Å². The zero-order valence-corrected chi connectivity index (χ0v) is 20.8. The molecule has 2 heterocycles. The van der Waals surface area contributed by atoms with E-state index in [2.05, 4.69) is 45.0 Å². The molecule has 0 bridgehead atoms. The number of nitrogens with two attached hydrogens (primary N) is 1. The molecule has 190 valence electrons. The van der Waals surface area contributed by atoms with Crippen molar-refractivity contribution in [1.82, 2.24) is 20.1 Å². The first kappa shape index (κ1) is 24.4. The van der Waals surface area contributed by atoms with Gasteiger partial charge in [0.15, 0.2) is 0 Å². The van der Waals surface area contributed by atoms with Crippen molar-refractivity contribution >= 4 is 17.8 Å². The summed E-state index contributed by atoms with van der Waals surface area (Å²) < 4.78 is 13.2. The Bertz CT molecular complexity index is 1370. The first-order valence-corrected chi connectivity index (χ1v) is 12.3. The normalized spacial score (nSPS) is 18.4. The molecule has 9 nitrogen and oxygen atoms in total. The van der Waals surface area contributed by atoms with E-state index in [4.69, 9.17) is 15.2 Å². The molecule has 0 radical (unpaired) electrons. The van der Waals surface area contributed by atoms with E-state index in [-0.39, 0.29) is 18.1 Å². The second-order valence-corrected chi connectivity index (χ2v) is 9.22. The molecule has 0 saturated heterocycles. The molecule has 2 atom stereocenters. The molecule has 4 N–H and O–H groups in total. The summed E-state index contributed by atoms with van der Waals surface area (Å²) in [4.78, 5) is 16.0. The van der Waals surface area contributed by atoms with Gasteiger partial charge < -0.3 is 25.8 Å². The van der Waals surface area contributed by atoms with Gasteiger partial charge in [0.1, 0.15) is 17.5 Å². The molecule has 1 aliphatic heterocycles. The topological polar surface area (TPSA) is 116 Å². The number of hydrogen-bond donors (Lipinski definition) is 3. The zero-order valence-electron chi connectivity index (χ0n) is 20.8. The summed E-state index contributed by atoms with van der Waals surface area (Å²) in [5.41, 5.74) is 9.90. The molecule has 0 saturated carbocycles. The van der Waals surface area contributed by atoms with Crippen molar-refractivity contribution in [2.45, 2.75) is 45.0 Å². The lowest BCUT2D eigenvalue weighted by Crippen LogP contribution is -2.23. The van der Waals surface area contributed by atoms with Crippen molar-refractivity contribution in [3.05, 3.63) is 89.2 Å². The Morgan fingerprint density at radius 1 is 1.22 bits per heavy atom. The fourth-order valence-corrected chi connectivity index (χ4v) is 4.48. The van der Waals surface area contributed by atoms with Gasteiger partial charge in [-0.1, -0.05) is 30.3 Å². The van der Waals surface area contributed by atoms with Crippen molar-refractivity contribution in [2.75, 3.05) is 17.7 Å². The fraction of sp³-hybridized carbons (Fsp3) is 0.286. The van der Waals surface area contributed by atoms with E-state index in [9.17, 15) is 4.79 Å². The number of nitrogens with one attached hydrogen (secondary N) is 2. The summed E-state index contributed by atoms with van der Waals surface area (Å²) in [5.74, 6) is 3.90. The Labute approximate surface area is 215 Å². The number of ether oxygens (including phenoxy) is 2. The van der Waals surface area contributed by atoms with Crippen LogP contribution in [-0.4, -0.2) is 39.5 Å². The Morgan fingerprint density at radius 2 is 2.03 bits per heavy atom. The first-order chi connectivity index (χ1) is 18.0. The smallest absolute Gasteiger partial charge is 0.245 e. The molecule has 5 rings (SSSR count). The van der Waals surface area contributed by atoms with Gasteiger partial charge in [0, 0.05) is 19.0 Å². The first-order valence-electron chi connectivity index (χ1n) is 12.3. The number of aromatic nitrogens is 3. The van der Waals surface area contributed by atoms with Crippen LogP contribution >= 0.6 is 0 Å². The van der Waals surface area contributed by atoms with Crippen LogP contribution in [0.5, 0.6) is 5.75 Å². The summed E-state index contributed by atoms with van der Waals surface area (Å²) in [6.45, 7) is 5.34. The van der Waals surface area contributed by atoms with Gasteiger partial charge in [0.2, 0.25) is 11.9 Å². The molecule has 2 unspecified atom stereocenters. The summed E-state index contributed by atoms with van der Waals surface area (Å²) in [7, 11) is 0. The maximum absolute atomic E-state index is 11.7. The van der Waals surface area contributed by atoms with Gasteiger partial charge in [-0.05, 0) is 61.4 Å². The van der Waals surface area contributed by atoms with Gasteiger partial charge in [-0.2, -0.15) is 9.67 Å². The van der Waals surface area contributed by atoms with Crippen molar-refractivity contribution in [3.8, 4) is 11.4 Å². The molecule has 2 aromatic carbocycles. The zero-order chi connectivity index (χ0) is 25.8. The third-order valence-electron chi connectivity index (χ3n) is 6.22. The number of rotatable bonds is 9. The molecule has 1 aromatic heterocycles. The molecular weight excluding hydrogens is 468 g/mol. The van der Waals surface area contributed by atoms with Crippen molar-refractivity contribution in [1.29, 1.82) is 0 Å². The number of carbonyl (C=O) groups excluding carboxylic acids is 1. The van der Waals surface area contributed by atoms with Crippen LogP contribution in [0.15, 0.2) is 78.1 Å². The van der Waals surface area contributed by atoms with Gasteiger partial charge >= 0.3 is 0 Å². The molecule has 2 aliphatic rings. The maximum Gasteiger partial charge on any atom is 0.245 e. The summed E-state index contributed by atoms with van der Waals surface area (Å²) in [6.07, 6.45) is 6.27. The van der Waals surface area contributed by atoms with Crippen molar-refractivity contribution < 1.29 is 14.3 Å². The molecule has 0 fully saturated rings. The minimum atomic E-state index is -0.453. The number of anilines is 2. The summed E-state index contributed by atoms with van der Waals surface area (Å²) in [5, 5.41) is 11.1. The molecule has 1 aliphatic carbocycles. The van der Waals surface area contributed by atoms with Gasteiger partial charge in [0.25, 0.3) is 0 Å². The number of hydrogen-bond acceptors (Lipinski definition) is 8. The van der Waals surface area contributed by atoms with Crippen LogP contribution in [0.4, 0.5) is 11.9 Å². The highest BCUT2D eigenvalue weighted by atomic mass is 16.5. The molecule has 3 aromatic rings. The van der Waals surface area contributed by atoms with Crippen LogP contribution in [0.2, 0.25) is 0 Å². The van der Waals surface area contributed by atoms with Crippen LogP contribution in [-0.2, 0) is 16.1 Å². The summed E-state index contributed by atoms with van der Waals surface area (Å²) in [6, 6.07) is 15.7. The van der Waals surface area contributed by atoms with Crippen LogP contribution in [0.1, 0.15) is 37.4 Å². The minimum absolute atomic E-state index is 0.0866. The lowest BCUT2D eigenvalue weighted by atomic mass is 10.0. The SMILES string of the molecule is CC(C)Oc1ccc(-n2nc(NC3C=CC(OCCC4NCc5ccccc54)=CC3=C=O)nc2N)cc1. The van der Waals surface area contributed by atoms with Crippen molar-refractivity contribution in [3.63, 3.8) is 0 Å². The van der Waals surface area contributed by atoms with E-state index in [1.165, 1.54) is 15.8 Å². The average Bonchev–Trinajstić information content (AvgIpc) is 3.48. The highest BCUT2D eigenvalue weighted by Crippen LogP contribution is 2.28. The van der Waals surface area contributed by atoms with E-state index >= 15 is 0 Å². The van der Waals surface area contributed by atoms with E-state index in [0.717, 1.165) is 24.4 Å². The van der Waals surface area contributed by atoms with E-state index in [0.29, 0.717) is 23.9 Å².